The summed E-state index contributed by atoms with van der Waals surface area (Å²) in [6.07, 6.45) is 2.35. The van der Waals surface area contributed by atoms with Crippen LogP contribution in [0.4, 0.5) is 0 Å². The highest BCUT2D eigenvalue weighted by atomic mass is 127. The van der Waals surface area contributed by atoms with E-state index in [1.54, 1.807) is 0 Å². The third-order valence-electron chi connectivity index (χ3n) is 2.18. The normalized spacial score (nSPS) is 24.2. The second-order valence-electron chi connectivity index (χ2n) is 3.65. The lowest BCUT2D eigenvalue weighted by Crippen LogP contribution is -2.39. The molecular formula is C9H16ClIO2. The van der Waals surface area contributed by atoms with Crippen LogP contribution in [0.2, 0.25) is 0 Å². The van der Waals surface area contributed by atoms with E-state index in [1.807, 2.05) is 0 Å². The van der Waals surface area contributed by atoms with Crippen LogP contribution in [0.3, 0.4) is 0 Å². The molecule has 13 heavy (non-hydrogen) atoms. The third-order valence-corrected chi connectivity index (χ3v) is 4.36. The summed E-state index contributed by atoms with van der Waals surface area (Å²) >= 11 is 8.19. The van der Waals surface area contributed by atoms with E-state index in [0.717, 1.165) is 30.5 Å². The molecule has 1 atom stereocenters. The molecule has 0 radical (unpaired) electrons. The van der Waals surface area contributed by atoms with Gasteiger partial charge in [-0.3, -0.25) is 0 Å². The van der Waals surface area contributed by atoms with E-state index in [0.29, 0.717) is 12.0 Å². The van der Waals surface area contributed by atoms with Crippen molar-refractivity contribution in [1.82, 2.24) is 0 Å². The van der Waals surface area contributed by atoms with Crippen molar-refractivity contribution >= 4 is 34.2 Å². The van der Waals surface area contributed by atoms with Crippen molar-refractivity contribution in [3.63, 3.8) is 0 Å². The van der Waals surface area contributed by atoms with E-state index in [9.17, 15) is 0 Å². The lowest BCUT2D eigenvalue weighted by atomic mass is 10.1. The molecule has 0 saturated carbocycles. The minimum absolute atomic E-state index is 0.163. The first-order valence-electron chi connectivity index (χ1n) is 4.58. The number of hydrogen-bond donors (Lipinski definition) is 0. The lowest BCUT2D eigenvalue weighted by Gasteiger charge is -2.33. The Hall–Kier alpha value is 0.940. The van der Waals surface area contributed by atoms with Crippen molar-refractivity contribution in [3.05, 3.63) is 0 Å². The monoisotopic (exact) mass is 318 g/mol. The molecule has 4 heteroatoms. The van der Waals surface area contributed by atoms with Gasteiger partial charge in [0.05, 0.1) is 17.6 Å². The topological polar surface area (TPSA) is 18.5 Å². The molecule has 0 aromatic carbocycles. The van der Waals surface area contributed by atoms with E-state index in [2.05, 4.69) is 29.5 Å². The summed E-state index contributed by atoms with van der Waals surface area (Å²) in [6, 6.07) is 0. The molecule has 2 nitrogen and oxygen atoms in total. The Balaban J connectivity index is 2.35. The van der Waals surface area contributed by atoms with Crippen LogP contribution in [0.1, 0.15) is 19.8 Å². The molecule has 1 heterocycles. The molecule has 0 amide bonds. The molecular weight excluding hydrogens is 302 g/mol. The Bertz CT molecular complexity index is 145. The van der Waals surface area contributed by atoms with Crippen LogP contribution in [-0.4, -0.2) is 35.2 Å². The summed E-state index contributed by atoms with van der Waals surface area (Å²) in [5.74, 6) is 0.563. The van der Waals surface area contributed by atoms with Crippen LogP contribution in [0.25, 0.3) is 0 Å². The van der Waals surface area contributed by atoms with Crippen molar-refractivity contribution in [3.8, 4) is 0 Å². The summed E-state index contributed by atoms with van der Waals surface area (Å²) in [4.78, 5) is 0. The highest BCUT2D eigenvalue weighted by molar-refractivity contribution is 14.1. The fourth-order valence-corrected chi connectivity index (χ4v) is 2.22. The average molecular weight is 319 g/mol. The Kier molecular flexibility index (Phi) is 5.30. The van der Waals surface area contributed by atoms with Gasteiger partial charge >= 0.3 is 0 Å². The van der Waals surface area contributed by atoms with Gasteiger partial charge in [0.1, 0.15) is 0 Å². The number of halogens is 2. The first kappa shape index (κ1) is 12.0. The minimum atomic E-state index is -0.163. The first-order valence-corrected chi connectivity index (χ1v) is 6.64. The van der Waals surface area contributed by atoms with E-state index in [-0.39, 0.29) is 5.60 Å². The van der Waals surface area contributed by atoms with Crippen molar-refractivity contribution < 1.29 is 9.47 Å². The van der Waals surface area contributed by atoms with Gasteiger partial charge < -0.3 is 9.47 Å². The van der Waals surface area contributed by atoms with Gasteiger partial charge in [-0.05, 0) is 19.8 Å². The van der Waals surface area contributed by atoms with Crippen LogP contribution >= 0.6 is 34.2 Å². The number of ether oxygens (including phenoxy) is 2. The van der Waals surface area contributed by atoms with Crippen LogP contribution < -0.4 is 0 Å². The zero-order valence-corrected chi connectivity index (χ0v) is 10.8. The van der Waals surface area contributed by atoms with Gasteiger partial charge in [0.15, 0.2) is 0 Å². The van der Waals surface area contributed by atoms with E-state index < -0.39 is 0 Å². The summed E-state index contributed by atoms with van der Waals surface area (Å²) in [7, 11) is 0. The molecule has 1 fully saturated rings. The third kappa shape index (κ3) is 3.90. The molecule has 0 aromatic heterocycles. The second kappa shape index (κ2) is 5.73. The highest BCUT2D eigenvalue weighted by Crippen LogP contribution is 2.22. The van der Waals surface area contributed by atoms with Gasteiger partial charge in [0.25, 0.3) is 0 Å². The Morgan fingerprint density at radius 2 is 2.15 bits per heavy atom. The van der Waals surface area contributed by atoms with E-state index >= 15 is 0 Å². The predicted molar refractivity (Wildman–Crippen MR) is 62.9 cm³/mol. The molecule has 0 aromatic rings. The quantitative estimate of drug-likeness (QED) is 0.586. The van der Waals surface area contributed by atoms with Crippen molar-refractivity contribution in [2.75, 3.05) is 23.5 Å². The van der Waals surface area contributed by atoms with Crippen molar-refractivity contribution in [2.45, 2.75) is 31.5 Å². The molecule has 1 unspecified atom stereocenters. The lowest BCUT2D eigenvalue weighted by molar-refractivity contribution is -0.0953. The molecule has 78 valence electrons. The predicted octanol–water partition coefficient (Wildman–Crippen LogP) is 2.61. The van der Waals surface area contributed by atoms with Crippen LogP contribution in [-0.2, 0) is 9.47 Å². The van der Waals surface area contributed by atoms with Crippen molar-refractivity contribution in [2.24, 2.45) is 0 Å². The van der Waals surface area contributed by atoms with Gasteiger partial charge in [0.2, 0.25) is 0 Å². The Morgan fingerprint density at radius 1 is 1.54 bits per heavy atom. The fraction of sp³-hybridized carbons (Fsp3) is 1.00. The Labute approximate surface area is 98.4 Å². The van der Waals surface area contributed by atoms with Gasteiger partial charge in [-0.15, -0.1) is 11.6 Å². The number of alkyl halides is 2. The average Bonchev–Trinajstić information content (AvgIpc) is 2.19. The molecule has 0 spiro atoms. The molecule has 1 aliphatic rings. The van der Waals surface area contributed by atoms with Gasteiger partial charge in [-0.1, -0.05) is 22.6 Å². The van der Waals surface area contributed by atoms with E-state index in [4.69, 9.17) is 21.1 Å². The highest BCUT2D eigenvalue weighted by Gasteiger charge is 2.27. The summed E-state index contributed by atoms with van der Waals surface area (Å²) in [5, 5.41) is 0. The Morgan fingerprint density at radius 3 is 2.62 bits per heavy atom. The van der Waals surface area contributed by atoms with Gasteiger partial charge in [-0.25, -0.2) is 0 Å². The maximum Gasteiger partial charge on any atom is 0.0881 e. The summed E-state index contributed by atoms with van der Waals surface area (Å²) in [6.45, 7) is 3.72. The van der Waals surface area contributed by atoms with E-state index in [1.165, 1.54) is 0 Å². The molecule has 1 aliphatic heterocycles. The largest absolute Gasteiger partial charge is 0.381 e. The standard InChI is InChI=1S/C9H16ClIO2/c1-9(6-10,7-11)13-8-2-4-12-5-3-8/h8H,2-7H2,1H3. The maximum atomic E-state index is 5.96. The maximum absolute atomic E-state index is 5.96. The number of rotatable bonds is 4. The van der Waals surface area contributed by atoms with Crippen LogP contribution in [0, 0.1) is 0 Å². The molecule has 1 rings (SSSR count). The van der Waals surface area contributed by atoms with Crippen LogP contribution in [0.15, 0.2) is 0 Å². The molecule has 0 bridgehead atoms. The molecule has 0 aliphatic carbocycles. The summed E-state index contributed by atoms with van der Waals surface area (Å²) in [5.41, 5.74) is -0.163. The fourth-order valence-electron chi connectivity index (χ4n) is 1.29. The first-order chi connectivity index (χ1) is 6.20. The zero-order valence-electron chi connectivity index (χ0n) is 7.89. The van der Waals surface area contributed by atoms with Crippen molar-refractivity contribution in [1.29, 1.82) is 0 Å². The van der Waals surface area contributed by atoms with Gasteiger partial charge in [0, 0.05) is 17.6 Å². The SMILES string of the molecule is CC(CCl)(CI)OC1CCOCC1. The second-order valence-corrected chi connectivity index (χ2v) is 4.68. The van der Waals surface area contributed by atoms with Crippen LogP contribution in [0.5, 0.6) is 0 Å². The molecule has 0 N–H and O–H groups in total. The zero-order chi connectivity index (χ0) is 9.73. The summed E-state index contributed by atoms with van der Waals surface area (Å²) < 4.78 is 12.2. The smallest absolute Gasteiger partial charge is 0.0881 e. The molecule has 1 saturated heterocycles. The number of hydrogen-bond acceptors (Lipinski definition) is 2. The minimum Gasteiger partial charge on any atom is -0.381 e. The van der Waals surface area contributed by atoms with Gasteiger partial charge in [-0.2, -0.15) is 0 Å².